The highest BCUT2D eigenvalue weighted by Gasteiger charge is 2.26. The number of methoxy groups -OCH3 is 1. The summed E-state index contributed by atoms with van der Waals surface area (Å²) in [6.07, 6.45) is 1.37. The third kappa shape index (κ3) is 6.18. The van der Waals surface area contributed by atoms with E-state index in [1.165, 1.54) is 0 Å². The smallest absolute Gasteiger partial charge is 0.257 e. The second-order valence-electron chi connectivity index (χ2n) is 8.64. The van der Waals surface area contributed by atoms with Crippen molar-refractivity contribution in [2.75, 3.05) is 52.4 Å². The Bertz CT molecular complexity index is 766. The normalized spacial score (nSPS) is 26.3. The standard InChI is InChI=1S/C23H35N3O5/c1-15-12-24-16(2)14-31-20-11-18(25-22(27)17-7-9-30-10-8-17)5-6-19(20)23(28)26(3)13-21(15)29-4/h5-6,11,15-17,21,24H,7-10,12-14H2,1-4H3,(H,25,27)/t15-,16-,21+/m1/s1. The van der Waals surface area contributed by atoms with Crippen LogP contribution >= 0.6 is 0 Å². The van der Waals surface area contributed by atoms with Crippen molar-refractivity contribution in [3.8, 4) is 5.75 Å². The summed E-state index contributed by atoms with van der Waals surface area (Å²) >= 11 is 0. The Hall–Kier alpha value is -2.16. The molecule has 0 radical (unpaired) electrons. The Morgan fingerprint density at radius 1 is 1.26 bits per heavy atom. The maximum absolute atomic E-state index is 13.2. The van der Waals surface area contributed by atoms with Crippen molar-refractivity contribution >= 4 is 17.5 Å². The van der Waals surface area contributed by atoms with Crippen LogP contribution < -0.4 is 15.4 Å². The Balaban J connectivity index is 1.81. The lowest BCUT2D eigenvalue weighted by Gasteiger charge is -2.30. The molecular weight excluding hydrogens is 398 g/mol. The summed E-state index contributed by atoms with van der Waals surface area (Å²) in [5.74, 6) is 0.502. The van der Waals surface area contributed by atoms with Crippen LogP contribution in [-0.4, -0.2) is 75.9 Å². The monoisotopic (exact) mass is 433 g/mol. The summed E-state index contributed by atoms with van der Waals surface area (Å²) < 4.78 is 17.0. The van der Waals surface area contributed by atoms with Gasteiger partial charge < -0.3 is 29.7 Å². The van der Waals surface area contributed by atoms with Crippen LogP contribution in [0, 0.1) is 11.8 Å². The molecule has 2 aliphatic heterocycles. The maximum Gasteiger partial charge on any atom is 0.257 e. The zero-order valence-electron chi connectivity index (χ0n) is 19.0. The summed E-state index contributed by atoms with van der Waals surface area (Å²) in [5, 5.41) is 6.44. The van der Waals surface area contributed by atoms with E-state index in [9.17, 15) is 9.59 Å². The fourth-order valence-corrected chi connectivity index (χ4v) is 3.94. The topological polar surface area (TPSA) is 89.1 Å². The van der Waals surface area contributed by atoms with Gasteiger partial charge in [0.25, 0.3) is 5.91 Å². The van der Waals surface area contributed by atoms with Gasteiger partial charge in [0, 0.05) is 64.2 Å². The summed E-state index contributed by atoms with van der Waals surface area (Å²) in [7, 11) is 3.45. The molecule has 0 spiro atoms. The molecule has 0 saturated carbocycles. The number of hydrogen-bond acceptors (Lipinski definition) is 6. The van der Waals surface area contributed by atoms with E-state index in [1.807, 2.05) is 6.92 Å². The molecule has 0 aliphatic carbocycles. The van der Waals surface area contributed by atoms with Crippen LogP contribution in [0.15, 0.2) is 18.2 Å². The molecule has 0 bridgehead atoms. The van der Waals surface area contributed by atoms with Crippen molar-refractivity contribution in [2.24, 2.45) is 11.8 Å². The van der Waals surface area contributed by atoms with E-state index in [-0.39, 0.29) is 35.8 Å². The first-order valence-corrected chi connectivity index (χ1v) is 11.1. The first-order valence-electron chi connectivity index (χ1n) is 11.1. The van der Waals surface area contributed by atoms with E-state index in [0.717, 1.165) is 19.4 Å². The number of likely N-dealkylation sites (N-methyl/N-ethyl adjacent to an activating group) is 1. The fourth-order valence-electron chi connectivity index (χ4n) is 3.94. The molecule has 2 N–H and O–H groups in total. The van der Waals surface area contributed by atoms with Crippen LogP contribution in [0.2, 0.25) is 0 Å². The average molecular weight is 434 g/mol. The number of rotatable bonds is 3. The summed E-state index contributed by atoms with van der Waals surface area (Å²) in [5.41, 5.74) is 1.10. The summed E-state index contributed by atoms with van der Waals surface area (Å²) in [4.78, 5) is 27.4. The maximum atomic E-state index is 13.2. The lowest BCUT2D eigenvalue weighted by molar-refractivity contribution is -0.122. The number of hydrogen-bond donors (Lipinski definition) is 2. The van der Waals surface area contributed by atoms with Crippen molar-refractivity contribution in [1.82, 2.24) is 10.2 Å². The molecule has 2 heterocycles. The molecule has 2 amide bonds. The highest BCUT2D eigenvalue weighted by Crippen LogP contribution is 2.27. The zero-order valence-corrected chi connectivity index (χ0v) is 19.0. The molecule has 3 rings (SSSR count). The van der Waals surface area contributed by atoms with Crippen molar-refractivity contribution in [2.45, 2.75) is 38.8 Å². The Kier molecular flexibility index (Phi) is 8.28. The zero-order chi connectivity index (χ0) is 22.4. The van der Waals surface area contributed by atoms with Gasteiger partial charge in [-0.1, -0.05) is 6.92 Å². The van der Waals surface area contributed by atoms with Crippen LogP contribution in [-0.2, 0) is 14.3 Å². The minimum atomic E-state index is -0.132. The molecule has 0 aromatic heterocycles. The highest BCUT2D eigenvalue weighted by atomic mass is 16.5. The number of nitrogens with one attached hydrogen (secondary N) is 2. The van der Waals surface area contributed by atoms with Crippen molar-refractivity contribution in [3.63, 3.8) is 0 Å². The second-order valence-corrected chi connectivity index (χ2v) is 8.64. The number of ether oxygens (including phenoxy) is 3. The van der Waals surface area contributed by atoms with Gasteiger partial charge in [0.15, 0.2) is 0 Å². The van der Waals surface area contributed by atoms with E-state index in [1.54, 1.807) is 37.3 Å². The highest BCUT2D eigenvalue weighted by molar-refractivity contribution is 5.98. The molecule has 1 fully saturated rings. The van der Waals surface area contributed by atoms with Gasteiger partial charge in [-0.2, -0.15) is 0 Å². The average Bonchev–Trinajstić information content (AvgIpc) is 2.79. The molecule has 1 saturated heterocycles. The predicted octanol–water partition coefficient (Wildman–Crippen LogP) is 2.15. The number of carbonyl (C=O) groups is 2. The van der Waals surface area contributed by atoms with Gasteiger partial charge in [0.05, 0.1) is 11.7 Å². The minimum absolute atomic E-state index is 0.0215. The minimum Gasteiger partial charge on any atom is -0.491 e. The molecule has 31 heavy (non-hydrogen) atoms. The Labute approximate surface area is 184 Å². The third-order valence-corrected chi connectivity index (χ3v) is 6.09. The molecular formula is C23H35N3O5. The van der Waals surface area contributed by atoms with E-state index in [4.69, 9.17) is 14.2 Å². The van der Waals surface area contributed by atoms with Crippen molar-refractivity contribution in [1.29, 1.82) is 0 Å². The van der Waals surface area contributed by atoms with Crippen LogP contribution in [0.4, 0.5) is 5.69 Å². The Morgan fingerprint density at radius 3 is 2.71 bits per heavy atom. The van der Waals surface area contributed by atoms with Gasteiger partial charge in [0.2, 0.25) is 5.91 Å². The third-order valence-electron chi connectivity index (χ3n) is 6.09. The van der Waals surface area contributed by atoms with Gasteiger partial charge in [0.1, 0.15) is 12.4 Å². The molecule has 1 aromatic rings. The quantitative estimate of drug-likeness (QED) is 0.759. The second kappa shape index (κ2) is 10.9. The number of fused-ring (bicyclic) bond motifs is 1. The first-order chi connectivity index (χ1) is 14.9. The lowest BCUT2D eigenvalue weighted by Crippen LogP contribution is -2.44. The van der Waals surface area contributed by atoms with E-state index in [2.05, 4.69) is 17.6 Å². The molecule has 2 aliphatic rings. The predicted molar refractivity (Wildman–Crippen MR) is 118 cm³/mol. The van der Waals surface area contributed by atoms with Gasteiger partial charge in [-0.05, 0) is 37.8 Å². The van der Waals surface area contributed by atoms with E-state index >= 15 is 0 Å². The number of anilines is 1. The van der Waals surface area contributed by atoms with E-state index < -0.39 is 0 Å². The van der Waals surface area contributed by atoms with Crippen molar-refractivity contribution < 1.29 is 23.8 Å². The fraction of sp³-hybridized carbons (Fsp3) is 0.652. The number of amides is 2. The van der Waals surface area contributed by atoms with Gasteiger partial charge in [-0.3, -0.25) is 9.59 Å². The molecule has 8 nitrogen and oxygen atoms in total. The molecule has 172 valence electrons. The van der Waals surface area contributed by atoms with Gasteiger partial charge in [-0.25, -0.2) is 0 Å². The van der Waals surface area contributed by atoms with Gasteiger partial charge >= 0.3 is 0 Å². The lowest BCUT2D eigenvalue weighted by atomic mass is 9.99. The van der Waals surface area contributed by atoms with E-state index in [0.29, 0.717) is 43.4 Å². The van der Waals surface area contributed by atoms with Crippen LogP contribution in [0.3, 0.4) is 0 Å². The number of carbonyl (C=O) groups excluding carboxylic acids is 2. The summed E-state index contributed by atoms with van der Waals surface area (Å²) in [6, 6.07) is 5.33. The molecule has 1 aromatic carbocycles. The SMILES string of the molecule is CO[C@H]1CN(C)C(=O)c2ccc(NC(=O)C3CCOCC3)cc2OC[C@@H](C)NC[C@H]1C. The molecule has 0 unspecified atom stereocenters. The summed E-state index contributed by atoms with van der Waals surface area (Å²) in [6.45, 7) is 7.03. The van der Waals surface area contributed by atoms with Gasteiger partial charge in [-0.15, -0.1) is 0 Å². The number of benzene rings is 1. The van der Waals surface area contributed by atoms with Crippen LogP contribution in [0.1, 0.15) is 37.0 Å². The van der Waals surface area contributed by atoms with Crippen LogP contribution in [0.5, 0.6) is 5.75 Å². The van der Waals surface area contributed by atoms with Crippen LogP contribution in [0.25, 0.3) is 0 Å². The molecule has 8 heteroatoms. The largest absolute Gasteiger partial charge is 0.491 e. The Morgan fingerprint density at radius 2 is 2.00 bits per heavy atom. The number of nitrogens with zero attached hydrogens (tertiary/aromatic N) is 1. The van der Waals surface area contributed by atoms with Crippen molar-refractivity contribution in [3.05, 3.63) is 23.8 Å². The first kappa shape index (κ1) is 23.5. The molecule has 3 atom stereocenters.